The minimum atomic E-state index is -0.303. The molecule has 0 atom stereocenters. The summed E-state index contributed by atoms with van der Waals surface area (Å²) < 4.78 is 13.8. The molecule has 0 aliphatic rings. The van der Waals surface area contributed by atoms with E-state index in [1.165, 1.54) is 12.1 Å². The molecule has 0 aliphatic heterocycles. The standard InChI is InChI=1S/C10H9BrFN3/c1-2-9-13-10(15-14-9)6-3-7(11)5-8(12)4-6/h3-5H,2H2,1H3,(H,13,14,15). The van der Waals surface area contributed by atoms with E-state index in [1.54, 1.807) is 6.07 Å². The van der Waals surface area contributed by atoms with Crippen LogP contribution in [0.2, 0.25) is 0 Å². The topological polar surface area (TPSA) is 41.6 Å². The molecule has 0 aliphatic carbocycles. The fourth-order valence-electron chi connectivity index (χ4n) is 1.27. The number of aromatic nitrogens is 3. The predicted octanol–water partition coefficient (Wildman–Crippen LogP) is 2.94. The number of halogens is 2. The largest absolute Gasteiger partial charge is 0.263 e. The first-order valence-electron chi connectivity index (χ1n) is 4.57. The molecule has 0 unspecified atom stereocenters. The maximum absolute atomic E-state index is 13.1. The van der Waals surface area contributed by atoms with Crippen LogP contribution in [-0.2, 0) is 6.42 Å². The zero-order chi connectivity index (χ0) is 10.8. The van der Waals surface area contributed by atoms with Gasteiger partial charge in [0.25, 0.3) is 0 Å². The average Bonchev–Trinajstić information content (AvgIpc) is 2.64. The lowest BCUT2D eigenvalue weighted by Gasteiger charge is -1.96. The lowest BCUT2D eigenvalue weighted by molar-refractivity contribution is 0.627. The van der Waals surface area contributed by atoms with Gasteiger partial charge in [-0.25, -0.2) is 9.37 Å². The Morgan fingerprint density at radius 3 is 2.80 bits per heavy atom. The first kappa shape index (κ1) is 10.3. The van der Waals surface area contributed by atoms with Gasteiger partial charge in [-0.3, -0.25) is 5.10 Å². The normalized spacial score (nSPS) is 10.6. The van der Waals surface area contributed by atoms with Gasteiger partial charge in [-0.05, 0) is 18.2 Å². The Morgan fingerprint density at radius 1 is 1.40 bits per heavy atom. The van der Waals surface area contributed by atoms with Crippen LogP contribution in [0.4, 0.5) is 4.39 Å². The molecule has 0 saturated heterocycles. The Balaban J connectivity index is 2.44. The maximum atomic E-state index is 13.1. The Kier molecular flexibility index (Phi) is 2.81. The van der Waals surface area contributed by atoms with Crippen LogP contribution in [0.15, 0.2) is 22.7 Å². The molecule has 1 heterocycles. The second kappa shape index (κ2) is 4.10. The molecular formula is C10H9BrFN3. The molecule has 2 rings (SSSR count). The summed E-state index contributed by atoms with van der Waals surface area (Å²) in [5.74, 6) is 1.01. The van der Waals surface area contributed by atoms with Crippen molar-refractivity contribution in [2.45, 2.75) is 13.3 Å². The maximum Gasteiger partial charge on any atom is 0.181 e. The van der Waals surface area contributed by atoms with E-state index in [4.69, 9.17) is 0 Å². The molecule has 0 radical (unpaired) electrons. The van der Waals surface area contributed by atoms with E-state index in [0.29, 0.717) is 15.9 Å². The molecule has 3 nitrogen and oxygen atoms in total. The molecule has 78 valence electrons. The first-order chi connectivity index (χ1) is 7.19. The van der Waals surface area contributed by atoms with Gasteiger partial charge >= 0.3 is 0 Å². The summed E-state index contributed by atoms with van der Waals surface area (Å²) in [6.07, 6.45) is 0.781. The molecule has 0 bridgehead atoms. The van der Waals surface area contributed by atoms with Gasteiger partial charge < -0.3 is 0 Å². The van der Waals surface area contributed by atoms with E-state index in [0.717, 1.165) is 12.2 Å². The van der Waals surface area contributed by atoms with Crippen LogP contribution in [0.3, 0.4) is 0 Å². The molecule has 5 heteroatoms. The Hall–Kier alpha value is -1.23. The minimum absolute atomic E-state index is 0.303. The highest BCUT2D eigenvalue weighted by atomic mass is 79.9. The van der Waals surface area contributed by atoms with Crippen molar-refractivity contribution in [1.29, 1.82) is 0 Å². The van der Waals surface area contributed by atoms with Crippen LogP contribution in [0.5, 0.6) is 0 Å². The number of nitrogens with zero attached hydrogens (tertiary/aromatic N) is 2. The summed E-state index contributed by atoms with van der Waals surface area (Å²) in [7, 11) is 0. The number of rotatable bonds is 2. The van der Waals surface area contributed by atoms with E-state index in [9.17, 15) is 4.39 Å². The lowest BCUT2D eigenvalue weighted by Crippen LogP contribution is -1.84. The summed E-state index contributed by atoms with van der Waals surface area (Å²) >= 11 is 3.23. The van der Waals surface area contributed by atoms with E-state index in [2.05, 4.69) is 31.1 Å². The first-order valence-corrected chi connectivity index (χ1v) is 5.36. The van der Waals surface area contributed by atoms with Crippen LogP contribution >= 0.6 is 15.9 Å². The van der Waals surface area contributed by atoms with Gasteiger partial charge in [0.15, 0.2) is 5.82 Å². The number of H-pyrrole nitrogens is 1. The van der Waals surface area contributed by atoms with Gasteiger partial charge in [0.05, 0.1) is 0 Å². The fraction of sp³-hybridized carbons (Fsp3) is 0.200. The van der Waals surface area contributed by atoms with Crippen LogP contribution in [0.1, 0.15) is 12.7 Å². The second-order valence-corrected chi connectivity index (χ2v) is 4.03. The predicted molar refractivity (Wildman–Crippen MR) is 58.9 cm³/mol. The molecule has 0 saturated carbocycles. The fourth-order valence-corrected chi connectivity index (χ4v) is 1.73. The third kappa shape index (κ3) is 2.23. The van der Waals surface area contributed by atoms with E-state index >= 15 is 0 Å². The van der Waals surface area contributed by atoms with Crippen molar-refractivity contribution in [2.24, 2.45) is 0 Å². The average molecular weight is 270 g/mol. The highest BCUT2D eigenvalue weighted by Gasteiger charge is 2.07. The summed E-state index contributed by atoms with van der Waals surface area (Å²) in [5.41, 5.74) is 0.665. The zero-order valence-electron chi connectivity index (χ0n) is 8.09. The highest BCUT2D eigenvalue weighted by Crippen LogP contribution is 2.21. The number of aryl methyl sites for hydroxylation is 1. The number of hydrogen-bond donors (Lipinski definition) is 1. The smallest absolute Gasteiger partial charge is 0.181 e. The molecule has 0 spiro atoms. The molecule has 1 N–H and O–H groups in total. The van der Waals surface area contributed by atoms with Gasteiger partial charge in [-0.2, -0.15) is 5.10 Å². The van der Waals surface area contributed by atoms with Crippen LogP contribution < -0.4 is 0 Å². The minimum Gasteiger partial charge on any atom is -0.263 e. The summed E-state index contributed by atoms with van der Waals surface area (Å²) in [4.78, 5) is 4.23. The molecule has 15 heavy (non-hydrogen) atoms. The third-order valence-electron chi connectivity index (χ3n) is 1.99. The zero-order valence-corrected chi connectivity index (χ0v) is 9.68. The van der Waals surface area contributed by atoms with E-state index < -0.39 is 0 Å². The Bertz CT molecular complexity index is 461. The number of hydrogen-bond acceptors (Lipinski definition) is 2. The SMILES string of the molecule is CCc1nc(-c2cc(F)cc(Br)c2)n[nH]1. The molecule has 2 aromatic rings. The van der Waals surface area contributed by atoms with Crippen molar-refractivity contribution in [3.05, 3.63) is 34.3 Å². The highest BCUT2D eigenvalue weighted by molar-refractivity contribution is 9.10. The van der Waals surface area contributed by atoms with Crippen LogP contribution in [0.25, 0.3) is 11.4 Å². The van der Waals surface area contributed by atoms with E-state index in [-0.39, 0.29) is 5.82 Å². The molecule has 0 amide bonds. The molecule has 1 aromatic carbocycles. The van der Waals surface area contributed by atoms with Crippen molar-refractivity contribution < 1.29 is 4.39 Å². The van der Waals surface area contributed by atoms with Crippen molar-refractivity contribution in [3.8, 4) is 11.4 Å². The molecule has 0 fully saturated rings. The summed E-state index contributed by atoms with van der Waals surface area (Å²) in [6, 6.07) is 4.59. The summed E-state index contributed by atoms with van der Waals surface area (Å²) in [6.45, 7) is 1.98. The van der Waals surface area contributed by atoms with Crippen molar-refractivity contribution >= 4 is 15.9 Å². The quantitative estimate of drug-likeness (QED) is 0.911. The summed E-state index contributed by atoms with van der Waals surface area (Å²) in [5, 5.41) is 6.81. The van der Waals surface area contributed by atoms with E-state index in [1.807, 2.05) is 6.92 Å². The molecular weight excluding hydrogens is 261 g/mol. The van der Waals surface area contributed by atoms with Gasteiger partial charge in [-0.15, -0.1) is 0 Å². The lowest BCUT2D eigenvalue weighted by atomic mass is 10.2. The van der Waals surface area contributed by atoms with Gasteiger partial charge in [0.1, 0.15) is 11.6 Å². The molecule has 1 aromatic heterocycles. The second-order valence-electron chi connectivity index (χ2n) is 3.12. The monoisotopic (exact) mass is 269 g/mol. The van der Waals surface area contributed by atoms with Crippen molar-refractivity contribution in [3.63, 3.8) is 0 Å². The van der Waals surface area contributed by atoms with Crippen molar-refractivity contribution in [2.75, 3.05) is 0 Å². The number of aromatic amines is 1. The van der Waals surface area contributed by atoms with Gasteiger partial charge in [0, 0.05) is 16.5 Å². The number of nitrogens with one attached hydrogen (secondary N) is 1. The van der Waals surface area contributed by atoms with Gasteiger partial charge in [0.2, 0.25) is 0 Å². The number of benzene rings is 1. The van der Waals surface area contributed by atoms with Crippen molar-refractivity contribution in [1.82, 2.24) is 15.2 Å². The van der Waals surface area contributed by atoms with Gasteiger partial charge in [-0.1, -0.05) is 22.9 Å². The Morgan fingerprint density at radius 2 is 2.20 bits per heavy atom. The van der Waals surface area contributed by atoms with Crippen LogP contribution in [-0.4, -0.2) is 15.2 Å². The Labute approximate surface area is 94.9 Å². The van der Waals surface area contributed by atoms with Crippen LogP contribution in [0, 0.1) is 5.82 Å². The third-order valence-corrected chi connectivity index (χ3v) is 2.45.